The predicted molar refractivity (Wildman–Crippen MR) is 95.8 cm³/mol. The molecule has 1 N–H and O–H groups in total. The fourth-order valence-corrected chi connectivity index (χ4v) is 1.89. The molecule has 0 radical (unpaired) electrons. The highest BCUT2D eigenvalue weighted by atomic mass is 16.6. The lowest BCUT2D eigenvalue weighted by Gasteiger charge is -2.10. The highest BCUT2D eigenvalue weighted by molar-refractivity contribution is 5.86. The Morgan fingerprint density at radius 2 is 1.84 bits per heavy atom. The van der Waals surface area contributed by atoms with Crippen molar-refractivity contribution < 1.29 is 23.8 Å². The third kappa shape index (κ3) is 8.35. The number of hydrogen-bond donors (Lipinski definition) is 1. The second-order valence-corrected chi connectivity index (χ2v) is 5.72. The number of esters is 1. The summed E-state index contributed by atoms with van der Waals surface area (Å²) in [5.74, 6) is 0.538. The van der Waals surface area contributed by atoms with Crippen LogP contribution in [0.1, 0.15) is 38.7 Å². The summed E-state index contributed by atoms with van der Waals surface area (Å²) >= 11 is 0. The lowest BCUT2D eigenvalue weighted by molar-refractivity contribution is -0.140. The van der Waals surface area contributed by atoms with E-state index in [2.05, 4.69) is 25.7 Å². The fourth-order valence-electron chi connectivity index (χ4n) is 1.89. The Hall–Kier alpha value is -2.34. The van der Waals surface area contributed by atoms with Crippen LogP contribution < -0.4 is 10.1 Å². The summed E-state index contributed by atoms with van der Waals surface area (Å²) in [4.78, 5) is 22.8. The Morgan fingerprint density at radius 3 is 2.44 bits per heavy atom. The van der Waals surface area contributed by atoms with Crippen LogP contribution in [0.3, 0.4) is 0 Å². The molecule has 0 spiro atoms. The van der Waals surface area contributed by atoms with Crippen molar-refractivity contribution >= 4 is 12.1 Å². The summed E-state index contributed by atoms with van der Waals surface area (Å²) in [5.41, 5.74) is 1.57. The zero-order chi connectivity index (χ0) is 18.7. The van der Waals surface area contributed by atoms with E-state index in [0.717, 1.165) is 6.42 Å². The van der Waals surface area contributed by atoms with Gasteiger partial charge >= 0.3 is 12.1 Å². The van der Waals surface area contributed by atoms with Crippen molar-refractivity contribution in [3.63, 3.8) is 0 Å². The number of benzene rings is 1. The van der Waals surface area contributed by atoms with Crippen LogP contribution in [-0.2, 0) is 14.3 Å². The number of nitrogens with one attached hydrogen (secondary N) is 1. The highest BCUT2D eigenvalue weighted by Crippen LogP contribution is 2.21. The fraction of sp³-hybridized carbons (Fsp3) is 0.474. The zero-order valence-corrected chi connectivity index (χ0v) is 15.2. The third-order valence-electron chi connectivity index (χ3n) is 3.60. The average Bonchev–Trinajstić information content (AvgIpc) is 2.60. The highest BCUT2D eigenvalue weighted by Gasteiger charge is 2.06. The normalized spacial score (nSPS) is 11.5. The Morgan fingerprint density at radius 1 is 1.16 bits per heavy atom. The molecule has 1 aromatic carbocycles. The maximum Gasteiger partial charge on any atom is 0.412 e. The molecule has 138 valence electrons. The molecule has 1 aromatic rings. The van der Waals surface area contributed by atoms with E-state index in [9.17, 15) is 9.59 Å². The van der Waals surface area contributed by atoms with Crippen LogP contribution in [0.2, 0.25) is 0 Å². The quantitative estimate of drug-likeness (QED) is 0.398. The summed E-state index contributed by atoms with van der Waals surface area (Å²) in [5, 5.41) is 2.59. The number of amides is 1. The van der Waals surface area contributed by atoms with Gasteiger partial charge in [-0.1, -0.05) is 32.6 Å². The van der Waals surface area contributed by atoms with Gasteiger partial charge in [0.2, 0.25) is 0 Å². The molecule has 0 aliphatic heterocycles. The Balaban J connectivity index is 2.14. The van der Waals surface area contributed by atoms with Crippen LogP contribution >= 0.6 is 0 Å². The molecule has 0 saturated carbocycles. The van der Waals surface area contributed by atoms with Gasteiger partial charge in [-0.3, -0.25) is 0 Å². The number of carbonyl (C=O) groups is 2. The Kier molecular flexibility index (Phi) is 9.32. The van der Waals surface area contributed by atoms with Gasteiger partial charge in [-0.15, -0.1) is 0 Å². The molecule has 0 fully saturated rings. The van der Waals surface area contributed by atoms with Crippen molar-refractivity contribution in [2.45, 2.75) is 33.1 Å². The first-order valence-electron chi connectivity index (χ1n) is 8.40. The lowest BCUT2D eigenvalue weighted by Crippen LogP contribution is -2.30. The number of hydrogen-bond acceptors (Lipinski definition) is 5. The van der Waals surface area contributed by atoms with Gasteiger partial charge in [0, 0.05) is 12.1 Å². The van der Waals surface area contributed by atoms with Crippen molar-refractivity contribution in [3.8, 4) is 5.75 Å². The van der Waals surface area contributed by atoms with Gasteiger partial charge in [0.25, 0.3) is 0 Å². The van der Waals surface area contributed by atoms with Gasteiger partial charge in [-0.05, 0) is 37.0 Å². The molecular weight excluding hydrogens is 322 g/mol. The van der Waals surface area contributed by atoms with Crippen molar-refractivity contribution in [1.29, 1.82) is 0 Å². The monoisotopic (exact) mass is 349 g/mol. The molecule has 6 heteroatoms. The summed E-state index contributed by atoms with van der Waals surface area (Å²) < 4.78 is 15.3. The Labute approximate surface area is 149 Å². The van der Waals surface area contributed by atoms with E-state index in [0.29, 0.717) is 30.4 Å². The molecule has 25 heavy (non-hydrogen) atoms. The van der Waals surface area contributed by atoms with Gasteiger partial charge in [0.15, 0.2) is 0 Å². The molecule has 0 aromatic heterocycles. The summed E-state index contributed by atoms with van der Waals surface area (Å²) in [6, 6.07) is 7.50. The zero-order valence-electron chi connectivity index (χ0n) is 15.2. The van der Waals surface area contributed by atoms with Crippen LogP contribution in [0.4, 0.5) is 4.79 Å². The minimum Gasteiger partial charge on any atom is -0.460 e. The number of carbonyl (C=O) groups excluding carboxylic acids is 2. The van der Waals surface area contributed by atoms with E-state index in [1.54, 1.807) is 19.1 Å². The van der Waals surface area contributed by atoms with E-state index < -0.39 is 12.1 Å². The van der Waals surface area contributed by atoms with E-state index >= 15 is 0 Å². The smallest absolute Gasteiger partial charge is 0.412 e. The van der Waals surface area contributed by atoms with Gasteiger partial charge in [0.05, 0.1) is 13.2 Å². The SMILES string of the molecule is C=C(C)C(=O)OCCOCCNC(=O)Oc1ccc(C(C)CC)cc1. The van der Waals surface area contributed by atoms with Crippen LogP contribution in [0.25, 0.3) is 0 Å². The lowest BCUT2D eigenvalue weighted by atomic mass is 9.99. The van der Waals surface area contributed by atoms with Crippen molar-refractivity contribution in [2.24, 2.45) is 0 Å². The van der Waals surface area contributed by atoms with Crippen LogP contribution in [0.5, 0.6) is 5.75 Å². The van der Waals surface area contributed by atoms with E-state index in [1.807, 2.05) is 12.1 Å². The van der Waals surface area contributed by atoms with E-state index in [1.165, 1.54) is 5.56 Å². The van der Waals surface area contributed by atoms with Gasteiger partial charge < -0.3 is 19.5 Å². The summed E-state index contributed by atoms with van der Waals surface area (Å²) in [7, 11) is 0. The number of rotatable bonds is 10. The van der Waals surface area contributed by atoms with E-state index in [4.69, 9.17) is 14.2 Å². The number of ether oxygens (including phenoxy) is 3. The first-order chi connectivity index (χ1) is 11.9. The maximum absolute atomic E-state index is 11.7. The van der Waals surface area contributed by atoms with Crippen molar-refractivity contribution in [3.05, 3.63) is 42.0 Å². The summed E-state index contributed by atoms with van der Waals surface area (Å²) in [6.07, 6.45) is 0.529. The molecule has 0 aliphatic rings. The summed E-state index contributed by atoms with van der Waals surface area (Å²) in [6.45, 7) is 10.4. The molecule has 0 aliphatic carbocycles. The molecular formula is C19H27NO5. The molecule has 0 heterocycles. The van der Waals surface area contributed by atoms with Gasteiger partial charge in [0.1, 0.15) is 12.4 Å². The van der Waals surface area contributed by atoms with Crippen LogP contribution in [0, 0.1) is 0 Å². The molecule has 1 unspecified atom stereocenters. The molecule has 0 saturated heterocycles. The van der Waals surface area contributed by atoms with Crippen molar-refractivity contribution in [1.82, 2.24) is 5.32 Å². The van der Waals surface area contributed by atoms with Gasteiger partial charge in [-0.2, -0.15) is 0 Å². The van der Waals surface area contributed by atoms with Crippen LogP contribution in [-0.4, -0.2) is 38.4 Å². The maximum atomic E-state index is 11.7. The topological polar surface area (TPSA) is 73.9 Å². The third-order valence-corrected chi connectivity index (χ3v) is 3.60. The second kappa shape index (κ2) is 11.3. The van der Waals surface area contributed by atoms with E-state index in [-0.39, 0.29) is 13.2 Å². The van der Waals surface area contributed by atoms with Gasteiger partial charge in [-0.25, -0.2) is 9.59 Å². The Bertz CT molecular complexity index is 568. The molecule has 1 rings (SSSR count). The molecule has 1 atom stereocenters. The first kappa shape index (κ1) is 20.7. The largest absolute Gasteiger partial charge is 0.460 e. The predicted octanol–water partition coefficient (Wildman–Crippen LogP) is 3.42. The minimum atomic E-state index is -0.534. The second-order valence-electron chi connectivity index (χ2n) is 5.72. The molecule has 0 bridgehead atoms. The molecule has 1 amide bonds. The average molecular weight is 349 g/mol. The van der Waals surface area contributed by atoms with Crippen molar-refractivity contribution in [2.75, 3.05) is 26.4 Å². The van der Waals surface area contributed by atoms with Crippen LogP contribution in [0.15, 0.2) is 36.4 Å². The first-order valence-corrected chi connectivity index (χ1v) is 8.40. The standard InChI is InChI=1S/C19H27NO5/c1-5-15(4)16-6-8-17(9-7-16)25-19(22)20-10-11-23-12-13-24-18(21)14(2)3/h6-9,15H,2,5,10-13H2,1,3-4H3,(H,20,22). The minimum absolute atomic E-state index is 0.151. The molecule has 6 nitrogen and oxygen atoms in total.